The lowest BCUT2D eigenvalue weighted by atomic mass is 9.86. The van der Waals surface area contributed by atoms with Crippen LogP contribution in [0.4, 0.5) is 0 Å². The number of piperidine rings is 1. The van der Waals surface area contributed by atoms with Gasteiger partial charge in [0, 0.05) is 13.1 Å². The highest BCUT2D eigenvalue weighted by Gasteiger charge is 2.69. The molecule has 0 aromatic carbocycles. The summed E-state index contributed by atoms with van der Waals surface area (Å²) >= 11 is 0. The Bertz CT molecular complexity index is 814. The van der Waals surface area contributed by atoms with E-state index in [1.165, 1.54) is 0 Å². The van der Waals surface area contributed by atoms with Gasteiger partial charge in [0.2, 0.25) is 17.6 Å². The quantitative estimate of drug-likeness (QED) is 0.245. The van der Waals surface area contributed by atoms with Crippen molar-refractivity contribution in [3.05, 3.63) is 25.3 Å². The van der Waals surface area contributed by atoms with E-state index in [1.54, 1.807) is 17.1 Å². The summed E-state index contributed by atoms with van der Waals surface area (Å²) < 4.78 is 0. The number of allylic oxidation sites excluding steroid dienone is 1. The number of fused-ring (bicyclic) bond motifs is 1. The predicted octanol–water partition coefficient (Wildman–Crippen LogP) is 1.56. The zero-order valence-corrected chi connectivity index (χ0v) is 20.6. The fourth-order valence-electron chi connectivity index (χ4n) is 4.71. The van der Waals surface area contributed by atoms with Crippen molar-refractivity contribution >= 4 is 23.5 Å². The number of hydrogen-bond donors (Lipinski definition) is 3. The van der Waals surface area contributed by atoms with Gasteiger partial charge in [-0.25, -0.2) is 0 Å². The van der Waals surface area contributed by atoms with Crippen molar-refractivity contribution in [3.8, 4) is 0 Å². The van der Waals surface area contributed by atoms with Crippen LogP contribution in [-0.4, -0.2) is 59.6 Å². The van der Waals surface area contributed by atoms with E-state index in [9.17, 15) is 19.2 Å². The lowest BCUT2D eigenvalue weighted by Gasteiger charge is -2.36. The Kier molecular flexibility index (Phi) is 8.27. The van der Waals surface area contributed by atoms with Crippen LogP contribution in [0.15, 0.2) is 25.3 Å². The van der Waals surface area contributed by atoms with Gasteiger partial charge in [0.15, 0.2) is 0 Å². The number of nitrogens with zero attached hydrogens (tertiary/aromatic N) is 1. The highest BCUT2D eigenvalue weighted by Crippen LogP contribution is 2.65. The number of carbonyl (C=O) groups is 4. The molecule has 0 aromatic rings. The number of ketones is 1. The second-order valence-corrected chi connectivity index (χ2v) is 10.9. The maximum absolute atomic E-state index is 13.4. The minimum absolute atomic E-state index is 0.00908. The third kappa shape index (κ3) is 5.72. The third-order valence-corrected chi connectivity index (χ3v) is 7.11. The number of rotatable bonds is 11. The average Bonchev–Trinajstić information content (AvgIpc) is 3.08. The summed E-state index contributed by atoms with van der Waals surface area (Å²) in [5.74, 6) is -1.93. The summed E-state index contributed by atoms with van der Waals surface area (Å²) in [7, 11) is 0. The van der Waals surface area contributed by atoms with E-state index in [0.29, 0.717) is 25.9 Å². The van der Waals surface area contributed by atoms with E-state index in [2.05, 4.69) is 37.6 Å². The molecule has 2 fully saturated rings. The van der Waals surface area contributed by atoms with Gasteiger partial charge in [0.1, 0.15) is 6.04 Å². The molecule has 184 valence electrons. The van der Waals surface area contributed by atoms with Gasteiger partial charge in [-0.3, -0.25) is 19.2 Å². The molecule has 0 aromatic heterocycles. The van der Waals surface area contributed by atoms with Crippen LogP contribution in [0.5, 0.6) is 0 Å². The summed E-state index contributed by atoms with van der Waals surface area (Å²) in [5, 5.41) is 5.32. The molecular weight excluding hydrogens is 420 g/mol. The molecule has 1 heterocycles. The first-order chi connectivity index (χ1) is 15.3. The molecule has 1 saturated heterocycles. The van der Waals surface area contributed by atoms with Gasteiger partial charge < -0.3 is 21.3 Å². The Hall–Kier alpha value is -2.48. The van der Waals surface area contributed by atoms with Crippen LogP contribution in [0.2, 0.25) is 0 Å². The van der Waals surface area contributed by atoms with E-state index >= 15 is 0 Å². The largest absolute Gasteiger partial charge is 0.349 e. The van der Waals surface area contributed by atoms with Crippen LogP contribution in [0, 0.1) is 22.7 Å². The molecule has 0 spiro atoms. The molecule has 3 amide bonds. The van der Waals surface area contributed by atoms with Gasteiger partial charge in [-0.05, 0) is 41.9 Å². The van der Waals surface area contributed by atoms with Gasteiger partial charge in [0.25, 0.3) is 5.91 Å². The summed E-state index contributed by atoms with van der Waals surface area (Å²) in [6.07, 6.45) is 4.52. The van der Waals surface area contributed by atoms with E-state index in [1.807, 2.05) is 20.8 Å². The molecule has 33 heavy (non-hydrogen) atoms. The molecule has 8 heteroatoms. The number of nitrogens with one attached hydrogen (secondary N) is 2. The molecule has 1 aliphatic carbocycles. The lowest BCUT2D eigenvalue weighted by molar-refractivity contribution is -0.144. The number of nitrogens with two attached hydrogens (primary N) is 1. The Labute approximate surface area is 197 Å². The van der Waals surface area contributed by atoms with Crippen molar-refractivity contribution in [2.75, 3.05) is 13.1 Å². The molecule has 2 rings (SSSR count). The molecular formula is C25H40N4O4. The maximum atomic E-state index is 13.4. The van der Waals surface area contributed by atoms with E-state index in [0.717, 1.165) is 0 Å². The molecule has 4 N–H and O–H groups in total. The number of carbonyl (C=O) groups excluding carboxylic acids is 4. The summed E-state index contributed by atoms with van der Waals surface area (Å²) in [6, 6.07) is -2.45. The first-order valence-corrected chi connectivity index (χ1v) is 11.7. The molecule has 1 aliphatic heterocycles. The Morgan fingerprint density at radius 1 is 1.15 bits per heavy atom. The fourth-order valence-corrected chi connectivity index (χ4v) is 4.71. The average molecular weight is 461 g/mol. The van der Waals surface area contributed by atoms with Crippen molar-refractivity contribution in [3.63, 3.8) is 0 Å². The summed E-state index contributed by atoms with van der Waals surface area (Å²) in [4.78, 5) is 53.3. The van der Waals surface area contributed by atoms with Crippen molar-refractivity contribution in [1.82, 2.24) is 15.5 Å². The SMILES string of the molecule is C=CCCNC(=O)C(=O)C(CCC=C)NC(=O)[C@@H]1C2C(CN1C(=O)[C@@H](N)C(C)(C)C)C2(C)C. The third-order valence-electron chi connectivity index (χ3n) is 7.11. The normalized spacial score (nSPS) is 24.8. The van der Waals surface area contributed by atoms with Crippen LogP contribution in [-0.2, 0) is 19.2 Å². The van der Waals surface area contributed by atoms with Gasteiger partial charge in [-0.1, -0.05) is 46.8 Å². The Balaban J connectivity index is 2.21. The standard InChI is InChI=1S/C25H40N4O4/c1-8-10-12-16(19(30)22(32)27-13-11-9-2)28-21(31)18-17-15(25(17,6)7)14-29(18)23(33)20(26)24(3,4)5/h8-9,15-18,20H,1-2,10-14,26H2,3-7H3,(H,27,32)(H,28,31)/t15?,16?,17?,18-,20+/m0/s1. The van der Waals surface area contributed by atoms with Crippen molar-refractivity contribution in [1.29, 1.82) is 0 Å². The van der Waals surface area contributed by atoms with Crippen LogP contribution in [0.3, 0.4) is 0 Å². The summed E-state index contributed by atoms with van der Waals surface area (Å²) in [5.41, 5.74) is 5.70. The minimum atomic E-state index is -0.992. The zero-order valence-electron chi connectivity index (χ0n) is 20.6. The monoisotopic (exact) mass is 460 g/mol. The first kappa shape index (κ1) is 26.8. The lowest BCUT2D eigenvalue weighted by Crippen LogP contribution is -2.59. The van der Waals surface area contributed by atoms with Crippen LogP contribution >= 0.6 is 0 Å². The highest BCUT2D eigenvalue weighted by molar-refractivity contribution is 6.38. The topological polar surface area (TPSA) is 122 Å². The van der Waals surface area contributed by atoms with Crippen LogP contribution in [0.1, 0.15) is 53.9 Å². The number of hydrogen-bond acceptors (Lipinski definition) is 5. The van der Waals surface area contributed by atoms with Gasteiger partial charge in [-0.15, -0.1) is 13.2 Å². The number of amides is 3. The minimum Gasteiger partial charge on any atom is -0.349 e. The fraction of sp³-hybridized carbons (Fsp3) is 0.680. The van der Waals surface area contributed by atoms with E-state index < -0.39 is 41.1 Å². The smallest absolute Gasteiger partial charge is 0.289 e. The van der Waals surface area contributed by atoms with Crippen LogP contribution in [0.25, 0.3) is 0 Å². The Morgan fingerprint density at radius 3 is 2.30 bits per heavy atom. The molecule has 3 unspecified atom stereocenters. The maximum Gasteiger partial charge on any atom is 0.289 e. The van der Waals surface area contributed by atoms with Crippen molar-refractivity contribution < 1.29 is 19.2 Å². The van der Waals surface area contributed by atoms with Gasteiger partial charge in [0.05, 0.1) is 12.1 Å². The van der Waals surface area contributed by atoms with E-state index in [4.69, 9.17) is 5.73 Å². The van der Waals surface area contributed by atoms with E-state index in [-0.39, 0.29) is 29.6 Å². The predicted molar refractivity (Wildman–Crippen MR) is 128 cm³/mol. The van der Waals surface area contributed by atoms with Crippen molar-refractivity contribution in [2.45, 2.75) is 72.0 Å². The Morgan fingerprint density at radius 2 is 1.76 bits per heavy atom. The van der Waals surface area contributed by atoms with Crippen LogP contribution < -0.4 is 16.4 Å². The second kappa shape index (κ2) is 10.2. The zero-order chi connectivity index (χ0) is 25.1. The second-order valence-electron chi connectivity index (χ2n) is 10.9. The number of Topliss-reactive ketones (excluding diaryl/α,β-unsaturated/α-hetero) is 1. The first-order valence-electron chi connectivity index (χ1n) is 11.7. The molecule has 0 bridgehead atoms. The molecule has 0 radical (unpaired) electrons. The number of likely N-dealkylation sites (tertiary alicyclic amines) is 1. The molecule has 8 nitrogen and oxygen atoms in total. The molecule has 2 aliphatic rings. The van der Waals surface area contributed by atoms with Crippen molar-refractivity contribution in [2.24, 2.45) is 28.4 Å². The van der Waals surface area contributed by atoms with Gasteiger partial charge in [-0.2, -0.15) is 0 Å². The highest BCUT2D eigenvalue weighted by atomic mass is 16.2. The molecule has 1 saturated carbocycles. The van der Waals surface area contributed by atoms with Gasteiger partial charge >= 0.3 is 0 Å². The summed E-state index contributed by atoms with van der Waals surface area (Å²) in [6.45, 7) is 17.9. The molecule has 5 atom stereocenters.